The SMILES string of the molecule is COC(=O)NCOCCCSC1=CC(=O)c2n[nH]c(C(=O)OC)c2C1=O. The number of methoxy groups -OCH3 is 2. The topological polar surface area (TPSA) is 137 Å². The van der Waals surface area contributed by atoms with Crippen LogP contribution in [0.15, 0.2) is 11.0 Å². The lowest BCUT2D eigenvalue weighted by Crippen LogP contribution is -2.26. The Bertz CT molecular complexity index is 756. The van der Waals surface area contributed by atoms with E-state index in [1.54, 1.807) is 0 Å². The maximum Gasteiger partial charge on any atom is 0.408 e. The number of fused-ring (bicyclic) bond motifs is 1. The van der Waals surface area contributed by atoms with Gasteiger partial charge in [0.25, 0.3) is 0 Å². The molecule has 1 aliphatic rings. The number of aromatic amines is 1. The fraction of sp³-hybridized carbons (Fsp3) is 0.400. The molecule has 0 saturated heterocycles. The molecular formula is C15H17N3O7S. The summed E-state index contributed by atoms with van der Waals surface area (Å²) in [6, 6.07) is 0. The van der Waals surface area contributed by atoms with Gasteiger partial charge in [-0.05, 0) is 6.42 Å². The fourth-order valence-electron chi connectivity index (χ4n) is 2.07. The van der Waals surface area contributed by atoms with Gasteiger partial charge >= 0.3 is 12.1 Å². The van der Waals surface area contributed by atoms with Gasteiger partial charge in [-0.15, -0.1) is 11.8 Å². The van der Waals surface area contributed by atoms with Crippen LogP contribution in [0.25, 0.3) is 0 Å². The highest BCUT2D eigenvalue weighted by molar-refractivity contribution is 8.04. The molecule has 0 radical (unpaired) electrons. The first-order valence-electron chi connectivity index (χ1n) is 7.49. The molecule has 1 aromatic heterocycles. The van der Waals surface area contributed by atoms with Crippen molar-refractivity contribution in [1.29, 1.82) is 0 Å². The lowest BCUT2D eigenvalue weighted by atomic mass is 9.99. The first kappa shape index (κ1) is 19.7. The second-order valence-corrected chi connectivity index (χ2v) is 6.08. The predicted molar refractivity (Wildman–Crippen MR) is 90.1 cm³/mol. The predicted octanol–water partition coefficient (Wildman–Crippen LogP) is 0.913. The molecule has 11 heteroatoms. The van der Waals surface area contributed by atoms with Crippen LogP contribution in [-0.4, -0.2) is 67.1 Å². The van der Waals surface area contributed by atoms with Crippen molar-refractivity contribution in [2.75, 3.05) is 33.3 Å². The molecule has 1 aliphatic carbocycles. The third-order valence-corrected chi connectivity index (χ3v) is 4.40. The van der Waals surface area contributed by atoms with E-state index in [0.717, 1.165) is 0 Å². The summed E-state index contributed by atoms with van der Waals surface area (Å²) >= 11 is 1.18. The summed E-state index contributed by atoms with van der Waals surface area (Å²) in [4.78, 5) is 47.4. The van der Waals surface area contributed by atoms with Crippen LogP contribution in [0.5, 0.6) is 0 Å². The maximum atomic E-state index is 12.5. The smallest absolute Gasteiger partial charge is 0.408 e. The standard InChI is InChI=1S/C15H17N3O7S/c1-23-14(21)12-10-11(17-18-12)8(19)6-9(13(10)20)26-5-3-4-25-7-16-15(22)24-2/h6H,3-5,7H2,1-2H3,(H,16,22)(H,17,18). The quantitative estimate of drug-likeness (QED) is 0.381. The molecule has 1 amide bonds. The van der Waals surface area contributed by atoms with Crippen molar-refractivity contribution in [3.8, 4) is 0 Å². The summed E-state index contributed by atoms with van der Waals surface area (Å²) < 4.78 is 14.1. The van der Waals surface area contributed by atoms with Crippen molar-refractivity contribution in [2.45, 2.75) is 6.42 Å². The lowest BCUT2D eigenvalue weighted by Gasteiger charge is -2.11. The minimum Gasteiger partial charge on any atom is -0.464 e. The van der Waals surface area contributed by atoms with Crippen LogP contribution in [0.4, 0.5) is 4.79 Å². The zero-order valence-corrected chi connectivity index (χ0v) is 14.9. The van der Waals surface area contributed by atoms with Gasteiger partial charge in [-0.25, -0.2) is 9.59 Å². The molecule has 1 heterocycles. The number of allylic oxidation sites excluding steroid dienone is 2. The van der Waals surface area contributed by atoms with Gasteiger partial charge in [-0.3, -0.25) is 20.0 Å². The summed E-state index contributed by atoms with van der Waals surface area (Å²) in [7, 11) is 2.42. The van der Waals surface area contributed by atoms with Gasteiger partial charge in [-0.2, -0.15) is 5.10 Å². The molecule has 0 unspecified atom stereocenters. The van der Waals surface area contributed by atoms with Gasteiger partial charge in [0.05, 0.1) is 24.7 Å². The molecule has 1 aromatic rings. The van der Waals surface area contributed by atoms with Crippen molar-refractivity contribution in [2.24, 2.45) is 0 Å². The molecule has 10 nitrogen and oxygen atoms in total. The number of nitrogens with zero attached hydrogens (tertiary/aromatic N) is 1. The molecule has 2 N–H and O–H groups in total. The van der Waals surface area contributed by atoms with E-state index in [1.165, 1.54) is 32.1 Å². The molecule has 0 aromatic carbocycles. The van der Waals surface area contributed by atoms with Crippen molar-refractivity contribution in [3.05, 3.63) is 27.9 Å². The van der Waals surface area contributed by atoms with Gasteiger partial charge < -0.3 is 14.2 Å². The second-order valence-electron chi connectivity index (χ2n) is 4.94. The summed E-state index contributed by atoms with van der Waals surface area (Å²) in [6.07, 6.45) is 1.19. The Labute approximate surface area is 152 Å². The van der Waals surface area contributed by atoms with E-state index in [9.17, 15) is 19.2 Å². The van der Waals surface area contributed by atoms with E-state index in [0.29, 0.717) is 18.8 Å². The van der Waals surface area contributed by atoms with Crippen LogP contribution in [-0.2, 0) is 14.2 Å². The number of esters is 1. The van der Waals surface area contributed by atoms with E-state index in [1.807, 2.05) is 0 Å². The fourth-order valence-corrected chi connectivity index (χ4v) is 2.98. The average Bonchev–Trinajstić information content (AvgIpc) is 3.09. The second kappa shape index (κ2) is 9.15. The molecule has 0 atom stereocenters. The Hall–Kier alpha value is -2.66. The Kier molecular flexibility index (Phi) is 6.92. The van der Waals surface area contributed by atoms with E-state index < -0.39 is 23.6 Å². The average molecular weight is 383 g/mol. The zero-order chi connectivity index (χ0) is 19.1. The number of Topliss-reactive ketones (excluding diaryl/α,β-unsaturated/α-hetero) is 1. The Morgan fingerprint density at radius 3 is 2.73 bits per heavy atom. The number of carbonyl (C=O) groups excluding carboxylic acids is 4. The van der Waals surface area contributed by atoms with Crippen molar-refractivity contribution in [1.82, 2.24) is 15.5 Å². The number of thioether (sulfide) groups is 1. The van der Waals surface area contributed by atoms with Crippen molar-refractivity contribution < 1.29 is 33.4 Å². The summed E-state index contributed by atoms with van der Waals surface area (Å²) in [5.41, 5.74) is -0.286. The molecule has 0 bridgehead atoms. The van der Waals surface area contributed by atoms with Gasteiger partial charge in [0.1, 0.15) is 12.4 Å². The van der Waals surface area contributed by atoms with Crippen LogP contribution in [0, 0.1) is 0 Å². The third-order valence-electron chi connectivity index (χ3n) is 3.30. The van der Waals surface area contributed by atoms with E-state index >= 15 is 0 Å². The number of hydrogen-bond acceptors (Lipinski definition) is 9. The molecular weight excluding hydrogens is 366 g/mol. The van der Waals surface area contributed by atoms with Gasteiger partial charge in [-0.1, -0.05) is 0 Å². The molecule has 26 heavy (non-hydrogen) atoms. The minimum atomic E-state index is -0.766. The summed E-state index contributed by atoms with van der Waals surface area (Å²) in [5, 5.41) is 8.47. The van der Waals surface area contributed by atoms with Crippen LogP contribution < -0.4 is 5.32 Å². The van der Waals surface area contributed by atoms with Crippen LogP contribution in [0.2, 0.25) is 0 Å². The van der Waals surface area contributed by atoms with Gasteiger partial charge in [0.15, 0.2) is 5.69 Å². The third kappa shape index (κ3) is 4.49. The van der Waals surface area contributed by atoms with Gasteiger partial charge in [0.2, 0.25) is 11.6 Å². The number of rotatable bonds is 8. The van der Waals surface area contributed by atoms with Crippen LogP contribution in [0.3, 0.4) is 0 Å². The number of nitrogens with one attached hydrogen (secondary N) is 2. The number of ether oxygens (including phenoxy) is 3. The summed E-state index contributed by atoms with van der Waals surface area (Å²) in [5.74, 6) is -1.17. The largest absolute Gasteiger partial charge is 0.464 e. The minimum absolute atomic E-state index is 0.0122. The van der Waals surface area contributed by atoms with Crippen molar-refractivity contribution >= 4 is 35.4 Å². The highest BCUT2D eigenvalue weighted by Gasteiger charge is 2.34. The van der Waals surface area contributed by atoms with E-state index in [-0.39, 0.29) is 28.6 Å². The van der Waals surface area contributed by atoms with Gasteiger partial charge in [0, 0.05) is 18.4 Å². The number of H-pyrrole nitrogens is 1. The maximum absolute atomic E-state index is 12.5. The normalized spacial score (nSPS) is 13.1. The number of carbonyl (C=O) groups is 4. The van der Waals surface area contributed by atoms with Crippen LogP contribution >= 0.6 is 11.8 Å². The monoisotopic (exact) mass is 383 g/mol. The van der Waals surface area contributed by atoms with Crippen LogP contribution in [0.1, 0.15) is 37.8 Å². The molecule has 0 saturated carbocycles. The lowest BCUT2D eigenvalue weighted by molar-refractivity contribution is 0.0590. The van der Waals surface area contributed by atoms with E-state index in [2.05, 4.69) is 25.0 Å². The molecule has 0 aliphatic heterocycles. The molecule has 140 valence electrons. The first-order chi connectivity index (χ1) is 12.5. The first-order valence-corrected chi connectivity index (χ1v) is 8.48. The number of alkyl carbamates (subject to hydrolysis) is 1. The highest BCUT2D eigenvalue weighted by Crippen LogP contribution is 2.29. The van der Waals surface area contributed by atoms with Crippen molar-refractivity contribution in [3.63, 3.8) is 0 Å². The molecule has 0 fully saturated rings. The Morgan fingerprint density at radius 2 is 2.04 bits per heavy atom. The number of amides is 1. The summed E-state index contributed by atoms with van der Waals surface area (Å²) in [6.45, 7) is 0.356. The Balaban J connectivity index is 1.87. The number of ketones is 2. The molecule has 0 spiro atoms. The van der Waals surface area contributed by atoms with E-state index in [4.69, 9.17) is 4.74 Å². The number of hydrogen-bond donors (Lipinski definition) is 2. The Morgan fingerprint density at radius 1 is 1.27 bits per heavy atom. The zero-order valence-electron chi connectivity index (χ0n) is 14.1. The highest BCUT2D eigenvalue weighted by atomic mass is 32.2. The number of aromatic nitrogens is 2. The molecule has 2 rings (SSSR count).